The normalized spacial score (nSPS) is 11.0. The van der Waals surface area contributed by atoms with Crippen molar-refractivity contribution in [1.29, 1.82) is 0 Å². The van der Waals surface area contributed by atoms with Crippen molar-refractivity contribution < 1.29 is 18.4 Å². The number of aryl methyl sites for hydroxylation is 1. The Morgan fingerprint density at radius 3 is 2.84 bits per heavy atom. The van der Waals surface area contributed by atoms with Gasteiger partial charge in [0.25, 0.3) is 0 Å². The minimum Gasteiger partial charge on any atom is -0.427 e. The SMILES string of the molecule is Cc1cccc2nc(CNc3ccc([N+](=O)[O-])c(OC(F)F)c3)cn12. The Kier molecular flexibility index (Phi) is 4.46. The van der Waals surface area contributed by atoms with E-state index in [0.717, 1.165) is 23.1 Å². The van der Waals surface area contributed by atoms with E-state index in [1.807, 2.05) is 35.7 Å². The van der Waals surface area contributed by atoms with E-state index in [4.69, 9.17) is 0 Å². The Hall–Kier alpha value is -3.23. The van der Waals surface area contributed by atoms with Crippen molar-refractivity contribution >= 4 is 17.0 Å². The first-order valence-corrected chi connectivity index (χ1v) is 7.35. The van der Waals surface area contributed by atoms with Gasteiger partial charge < -0.3 is 14.5 Å². The van der Waals surface area contributed by atoms with Crippen molar-refractivity contribution in [2.45, 2.75) is 20.1 Å². The lowest BCUT2D eigenvalue weighted by Crippen LogP contribution is -2.06. The predicted octanol–water partition coefficient (Wildman–Crippen LogP) is 3.76. The molecule has 2 aromatic heterocycles. The summed E-state index contributed by atoms with van der Waals surface area (Å²) >= 11 is 0. The molecular formula is C16H14F2N4O3. The summed E-state index contributed by atoms with van der Waals surface area (Å²) in [6.45, 7) is -0.862. The summed E-state index contributed by atoms with van der Waals surface area (Å²) in [5.41, 5.74) is 2.45. The van der Waals surface area contributed by atoms with Crippen LogP contribution in [0.25, 0.3) is 5.65 Å². The Balaban J connectivity index is 1.80. The fraction of sp³-hybridized carbons (Fsp3) is 0.188. The fourth-order valence-corrected chi connectivity index (χ4v) is 2.44. The van der Waals surface area contributed by atoms with Crippen LogP contribution in [-0.2, 0) is 6.54 Å². The van der Waals surface area contributed by atoms with Gasteiger partial charge in [-0.15, -0.1) is 0 Å². The minimum atomic E-state index is -3.14. The highest BCUT2D eigenvalue weighted by molar-refractivity contribution is 5.58. The number of halogens is 2. The first-order valence-electron chi connectivity index (χ1n) is 7.35. The third-order valence-corrected chi connectivity index (χ3v) is 3.59. The zero-order valence-corrected chi connectivity index (χ0v) is 13.1. The Labute approximate surface area is 141 Å². The van der Waals surface area contributed by atoms with E-state index in [9.17, 15) is 18.9 Å². The first kappa shape index (κ1) is 16.6. The molecule has 7 nitrogen and oxygen atoms in total. The average Bonchev–Trinajstić information content (AvgIpc) is 2.97. The number of aromatic nitrogens is 2. The molecule has 3 rings (SSSR count). The fourth-order valence-electron chi connectivity index (χ4n) is 2.44. The summed E-state index contributed by atoms with van der Waals surface area (Å²) in [6.07, 6.45) is 1.86. The molecule has 1 aromatic carbocycles. The molecular weight excluding hydrogens is 334 g/mol. The summed E-state index contributed by atoms with van der Waals surface area (Å²) in [5.74, 6) is -0.490. The molecule has 1 N–H and O–H groups in total. The number of imidazole rings is 1. The van der Waals surface area contributed by atoms with Crippen molar-refractivity contribution in [2.75, 3.05) is 5.32 Å². The van der Waals surface area contributed by atoms with Gasteiger partial charge in [-0.1, -0.05) is 6.07 Å². The molecule has 0 aliphatic rings. The maximum atomic E-state index is 12.4. The van der Waals surface area contributed by atoms with Crippen molar-refractivity contribution in [3.8, 4) is 5.75 Å². The third-order valence-electron chi connectivity index (χ3n) is 3.59. The maximum Gasteiger partial charge on any atom is 0.387 e. The molecule has 130 valence electrons. The maximum absolute atomic E-state index is 12.4. The number of nitro benzene ring substituents is 1. The highest BCUT2D eigenvalue weighted by atomic mass is 19.3. The van der Waals surface area contributed by atoms with Crippen LogP contribution in [0.2, 0.25) is 0 Å². The molecule has 3 aromatic rings. The van der Waals surface area contributed by atoms with Crippen LogP contribution >= 0.6 is 0 Å². The van der Waals surface area contributed by atoms with E-state index in [1.165, 1.54) is 12.1 Å². The van der Waals surface area contributed by atoms with E-state index in [1.54, 1.807) is 0 Å². The van der Waals surface area contributed by atoms with E-state index in [2.05, 4.69) is 15.0 Å². The van der Waals surface area contributed by atoms with Gasteiger partial charge in [0.15, 0.2) is 0 Å². The van der Waals surface area contributed by atoms with Gasteiger partial charge >= 0.3 is 12.3 Å². The number of hydrogen-bond acceptors (Lipinski definition) is 5. The molecule has 25 heavy (non-hydrogen) atoms. The van der Waals surface area contributed by atoms with E-state index >= 15 is 0 Å². The smallest absolute Gasteiger partial charge is 0.387 e. The van der Waals surface area contributed by atoms with Crippen molar-refractivity contribution in [2.24, 2.45) is 0 Å². The second-order valence-electron chi connectivity index (χ2n) is 5.30. The monoisotopic (exact) mass is 348 g/mol. The number of nitrogens with zero attached hydrogens (tertiary/aromatic N) is 3. The van der Waals surface area contributed by atoms with Crippen LogP contribution in [0.3, 0.4) is 0 Å². The molecule has 0 bridgehead atoms. The number of nitro groups is 1. The number of nitrogens with one attached hydrogen (secondary N) is 1. The minimum absolute atomic E-state index is 0.326. The summed E-state index contributed by atoms with van der Waals surface area (Å²) in [7, 11) is 0. The molecule has 0 unspecified atom stereocenters. The van der Waals surface area contributed by atoms with Gasteiger partial charge in [0, 0.05) is 29.7 Å². The summed E-state index contributed by atoms with van der Waals surface area (Å²) < 4.78 is 31.0. The lowest BCUT2D eigenvalue weighted by atomic mass is 10.2. The van der Waals surface area contributed by atoms with E-state index in [0.29, 0.717) is 12.2 Å². The number of rotatable bonds is 6. The standard InChI is InChI=1S/C16H14F2N4O3/c1-10-3-2-4-15-20-12(9-21(10)15)8-19-11-5-6-13(22(23)24)14(7-11)25-16(17)18/h2-7,9,16,19H,8H2,1H3. The average molecular weight is 348 g/mol. The van der Waals surface area contributed by atoms with Crippen LogP contribution in [0.15, 0.2) is 42.6 Å². The first-order chi connectivity index (χ1) is 11.9. The number of ether oxygens (including phenoxy) is 1. The van der Waals surface area contributed by atoms with Crippen LogP contribution in [0, 0.1) is 17.0 Å². The lowest BCUT2D eigenvalue weighted by Gasteiger charge is -2.09. The number of fused-ring (bicyclic) bond motifs is 1. The molecule has 0 radical (unpaired) electrons. The largest absolute Gasteiger partial charge is 0.427 e. The molecule has 0 saturated heterocycles. The Morgan fingerprint density at radius 2 is 2.16 bits per heavy atom. The van der Waals surface area contributed by atoms with Crippen LogP contribution < -0.4 is 10.1 Å². The molecule has 0 aliphatic heterocycles. The third kappa shape index (κ3) is 3.65. The number of pyridine rings is 1. The molecule has 0 saturated carbocycles. The zero-order valence-electron chi connectivity index (χ0n) is 13.1. The molecule has 0 amide bonds. The second-order valence-corrected chi connectivity index (χ2v) is 5.30. The number of anilines is 1. The topological polar surface area (TPSA) is 81.7 Å². The molecule has 2 heterocycles. The lowest BCUT2D eigenvalue weighted by molar-refractivity contribution is -0.386. The summed E-state index contributed by atoms with van der Waals surface area (Å²) in [6, 6.07) is 9.45. The quantitative estimate of drug-likeness (QED) is 0.542. The number of benzene rings is 1. The predicted molar refractivity (Wildman–Crippen MR) is 87.0 cm³/mol. The van der Waals surface area contributed by atoms with Crippen LogP contribution in [0.4, 0.5) is 20.2 Å². The van der Waals surface area contributed by atoms with Crippen LogP contribution in [0.1, 0.15) is 11.4 Å². The summed E-state index contributed by atoms with van der Waals surface area (Å²) in [5, 5.41) is 13.9. The van der Waals surface area contributed by atoms with Crippen molar-refractivity contribution in [3.05, 3.63) is 64.1 Å². The summed E-state index contributed by atoms with van der Waals surface area (Å²) in [4.78, 5) is 14.5. The van der Waals surface area contributed by atoms with E-state index < -0.39 is 23.0 Å². The van der Waals surface area contributed by atoms with Crippen LogP contribution in [0.5, 0.6) is 5.75 Å². The van der Waals surface area contributed by atoms with E-state index in [-0.39, 0.29) is 0 Å². The van der Waals surface area contributed by atoms with Gasteiger partial charge in [0.1, 0.15) is 5.65 Å². The number of hydrogen-bond donors (Lipinski definition) is 1. The van der Waals surface area contributed by atoms with Gasteiger partial charge in [-0.3, -0.25) is 10.1 Å². The Bertz CT molecular complexity index is 927. The van der Waals surface area contributed by atoms with Crippen LogP contribution in [-0.4, -0.2) is 20.9 Å². The highest BCUT2D eigenvalue weighted by Crippen LogP contribution is 2.31. The van der Waals surface area contributed by atoms with Gasteiger partial charge in [0.2, 0.25) is 5.75 Å². The molecule has 0 fully saturated rings. The van der Waals surface area contributed by atoms with Gasteiger partial charge in [-0.25, -0.2) is 4.98 Å². The zero-order chi connectivity index (χ0) is 18.0. The highest BCUT2D eigenvalue weighted by Gasteiger charge is 2.19. The van der Waals surface area contributed by atoms with Gasteiger partial charge in [0.05, 0.1) is 17.2 Å². The number of alkyl halides is 2. The Morgan fingerprint density at radius 1 is 1.36 bits per heavy atom. The van der Waals surface area contributed by atoms with Gasteiger partial charge in [-0.2, -0.15) is 8.78 Å². The second kappa shape index (κ2) is 6.71. The van der Waals surface area contributed by atoms with Crippen molar-refractivity contribution in [3.63, 3.8) is 0 Å². The molecule has 0 spiro atoms. The molecule has 0 atom stereocenters. The molecule has 0 aliphatic carbocycles. The van der Waals surface area contributed by atoms with Gasteiger partial charge in [-0.05, 0) is 25.1 Å². The molecule has 9 heteroatoms. The van der Waals surface area contributed by atoms with Crippen molar-refractivity contribution in [1.82, 2.24) is 9.38 Å².